The van der Waals surface area contributed by atoms with E-state index in [1.807, 2.05) is 25.2 Å². The highest BCUT2D eigenvalue weighted by Crippen LogP contribution is 2.26. The van der Waals surface area contributed by atoms with E-state index in [2.05, 4.69) is 10.2 Å². The Bertz CT molecular complexity index is 361. The number of hydrogen-bond acceptors (Lipinski definition) is 2. The van der Waals surface area contributed by atoms with E-state index in [1.165, 1.54) is 12.8 Å². The van der Waals surface area contributed by atoms with Crippen LogP contribution in [0.15, 0.2) is 18.2 Å². The van der Waals surface area contributed by atoms with Crippen molar-refractivity contribution in [3.63, 3.8) is 0 Å². The van der Waals surface area contributed by atoms with Gasteiger partial charge in [-0.2, -0.15) is 0 Å². The van der Waals surface area contributed by atoms with Crippen molar-refractivity contribution >= 4 is 23.2 Å². The summed E-state index contributed by atoms with van der Waals surface area (Å²) >= 11 is 12.4. The summed E-state index contributed by atoms with van der Waals surface area (Å²) in [4.78, 5) is 2.41. The maximum absolute atomic E-state index is 6.19. The topological polar surface area (TPSA) is 15.3 Å². The molecule has 1 fully saturated rings. The van der Waals surface area contributed by atoms with Crippen LogP contribution in [-0.4, -0.2) is 31.1 Å². The lowest BCUT2D eigenvalue weighted by Gasteiger charge is -2.32. The first-order valence-corrected chi connectivity index (χ1v) is 6.79. The van der Waals surface area contributed by atoms with Gasteiger partial charge in [-0.3, -0.25) is 4.90 Å². The van der Waals surface area contributed by atoms with E-state index in [-0.39, 0.29) is 0 Å². The minimum Gasteiger partial charge on any atom is -0.316 e. The molecule has 1 aliphatic heterocycles. The monoisotopic (exact) mass is 272 g/mol. The molecule has 1 N–H and O–H groups in total. The number of likely N-dealkylation sites (N-methyl/N-ethyl adjacent to an activating group) is 1. The number of benzene rings is 1. The van der Waals surface area contributed by atoms with E-state index in [1.54, 1.807) is 0 Å². The Hall–Kier alpha value is -0.280. The Morgan fingerprint density at radius 1 is 1.35 bits per heavy atom. The number of hydrogen-bond donors (Lipinski definition) is 1. The highest BCUT2D eigenvalue weighted by atomic mass is 35.5. The average molecular weight is 273 g/mol. The molecule has 1 atom stereocenters. The van der Waals surface area contributed by atoms with Gasteiger partial charge in [0.25, 0.3) is 0 Å². The molecule has 0 amide bonds. The average Bonchev–Trinajstić information content (AvgIpc) is 2.34. The van der Waals surface area contributed by atoms with E-state index in [4.69, 9.17) is 23.2 Å². The van der Waals surface area contributed by atoms with Gasteiger partial charge < -0.3 is 5.32 Å². The van der Waals surface area contributed by atoms with E-state index >= 15 is 0 Å². The normalized spacial score (nSPS) is 21.7. The first-order chi connectivity index (χ1) is 8.20. The number of halogens is 2. The maximum Gasteiger partial charge on any atom is 0.0465 e. The molecule has 1 saturated heterocycles. The smallest absolute Gasteiger partial charge is 0.0465 e. The van der Waals surface area contributed by atoms with Crippen molar-refractivity contribution in [3.8, 4) is 0 Å². The number of rotatable bonds is 3. The molecule has 0 spiro atoms. The molecule has 1 heterocycles. The molecule has 1 aromatic carbocycles. The zero-order valence-electron chi connectivity index (χ0n) is 10.0. The van der Waals surface area contributed by atoms with Crippen molar-refractivity contribution < 1.29 is 0 Å². The molecule has 0 saturated carbocycles. The molecule has 4 heteroatoms. The van der Waals surface area contributed by atoms with Crippen molar-refractivity contribution in [3.05, 3.63) is 33.8 Å². The standard InChI is InChI=1S/C13H18Cl2N2/c1-16-10-4-3-7-17(8-10)9-11-12(14)5-2-6-13(11)15/h2,5-6,10,16H,3-4,7-9H2,1H3. The molecule has 2 rings (SSSR count). The predicted molar refractivity (Wildman–Crippen MR) is 73.8 cm³/mol. The Morgan fingerprint density at radius 2 is 2.06 bits per heavy atom. The van der Waals surface area contributed by atoms with Gasteiger partial charge in [-0.05, 0) is 38.6 Å². The number of likely N-dealkylation sites (tertiary alicyclic amines) is 1. The molecular formula is C13H18Cl2N2. The lowest BCUT2D eigenvalue weighted by atomic mass is 10.1. The molecule has 0 bridgehead atoms. The summed E-state index contributed by atoms with van der Waals surface area (Å²) in [6.07, 6.45) is 2.48. The van der Waals surface area contributed by atoms with Gasteiger partial charge in [0.15, 0.2) is 0 Å². The summed E-state index contributed by atoms with van der Waals surface area (Å²) < 4.78 is 0. The van der Waals surface area contributed by atoms with Crippen LogP contribution in [0.4, 0.5) is 0 Å². The van der Waals surface area contributed by atoms with Crippen LogP contribution >= 0.6 is 23.2 Å². The second kappa shape index (κ2) is 6.05. The second-order valence-corrected chi connectivity index (χ2v) is 5.38. The van der Waals surface area contributed by atoms with Crippen LogP contribution in [0.5, 0.6) is 0 Å². The summed E-state index contributed by atoms with van der Waals surface area (Å²) in [5.74, 6) is 0. The molecule has 0 aliphatic carbocycles. The van der Waals surface area contributed by atoms with E-state index in [9.17, 15) is 0 Å². The molecule has 1 unspecified atom stereocenters. The molecule has 1 aromatic rings. The summed E-state index contributed by atoms with van der Waals surface area (Å²) in [7, 11) is 2.02. The zero-order chi connectivity index (χ0) is 12.3. The van der Waals surface area contributed by atoms with Crippen molar-refractivity contribution in [1.82, 2.24) is 10.2 Å². The van der Waals surface area contributed by atoms with Gasteiger partial charge >= 0.3 is 0 Å². The highest BCUT2D eigenvalue weighted by Gasteiger charge is 2.19. The minimum absolute atomic E-state index is 0.588. The van der Waals surface area contributed by atoms with Gasteiger partial charge in [-0.15, -0.1) is 0 Å². The van der Waals surface area contributed by atoms with Crippen LogP contribution in [0.2, 0.25) is 10.0 Å². The molecule has 1 aliphatic rings. The van der Waals surface area contributed by atoms with Gasteiger partial charge in [0.1, 0.15) is 0 Å². The number of nitrogens with zero attached hydrogens (tertiary/aromatic N) is 1. The van der Waals surface area contributed by atoms with E-state index in [0.717, 1.165) is 35.2 Å². The predicted octanol–water partition coefficient (Wildman–Crippen LogP) is 3.18. The third kappa shape index (κ3) is 3.35. The Labute approximate surface area is 113 Å². The summed E-state index contributed by atoms with van der Waals surface area (Å²) in [6.45, 7) is 3.04. The van der Waals surface area contributed by atoms with Gasteiger partial charge in [-0.25, -0.2) is 0 Å². The first kappa shape index (κ1) is 13.2. The fourth-order valence-corrected chi connectivity index (χ4v) is 2.86. The third-order valence-corrected chi connectivity index (χ3v) is 4.07. The van der Waals surface area contributed by atoms with Crippen molar-refractivity contribution in [2.75, 3.05) is 20.1 Å². The van der Waals surface area contributed by atoms with E-state index < -0.39 is 0 Å². The van der Waals surface area contributed by atoms with Crippen molar-refractivity contribution in [2.24, 2.45) is 0 Å². The molecule has 0 aromatic heterocycles. The molecule has 2 nitrogen and oxygen atoms in total. The van der Waals surface area contributed by atoms with Crippen molar-refractivity contribution in [2.45, 2.75) is 25.4 Å². The Morgan fingerprint density at radius 3 is 2.71 bits per heavy atom. The highest BCUT2D eigenvalue weighted by molar-refractivity contribution is 6.35. The van der Waals surface area contributed by atoms with Crippen molar-refractivity contribution in [1.29, 1.82) is 0 Å². The minimum atomic E-state index is 0.588. The van der Waals surface area contributed by atoms with Crippen LogP contribution in [0.25, 0.3) is 0 Å². The van der Waals surface area contributed by atoms with Crippen LogP contribution < -0.4 is 5.32 Å². The fourth-order valence-electron chi connectivity index (χ4n) is 2.34. The van der Waals surface area contributed by atoms with Crippen LogP contribution in [-0.2, 0) is 6.54 Å². The SMILES string of the molecule is CNC1CCCN(Cc2c(Cl)cccc2Cl)C1. The zero-order valence-corrected chi connectivity index (χ0v) is 11.6. The van der Waals surface area contributed by atoms with Crippen LogP contribution in [0, 0.1) is 0 Å². The van der Waals surface area contributed by atoms with Gasteiger partial charge in [0.2, 0.25) is 0 Å². The van der Waals surface area contributed by atoms with Gasteiger partial charge in [0.05, 0.1) is 0 Å². The van der Waals surface area contributed by atoms with Gasteiger partial charge in [-0.1, -0.05) is 29.3 Å². The Balaban J connectivity index is 2.05. The molecular weight excluding hydrogens is 255 g/mol. The fraction of sp³-hybridized carbons (Fsp3) is 0.538. The van der Waals surface area contributed by atoms with Gasteiger partial charge in [0, 0.05) is 34.7 Å². The Kier molecular flexibility index (Phi) is 4.69. The van der Waals surface area contributed by atoms with Crippen LogP contribution in [0.3, 0.4) is 0 Å². The van der Waals surface area contributed by atoms with E-state index in [0.29, 0.717) is 6.04 Å². The maximum atomic E-state index is 6.19. The lowest BCUT2D eigenvalue weighted by molar-refractivity contribution is 0.188. The number of nitrogens with one attached hydrogen (secondary N) is 1. The quantitative estimate of drug-likeness (QED) is 0.910. The second-order valence-electron chi connectivity index (χ2n) is 4.56. The summed E-state index contributed by atoms with van der Waals surface area (Å²) in [5, 5.41) is 4.88. The lowest BCUT2D eigenvalue weighted by Crippen LogP contribution is -2.43. The molecule has 94 valence electrons. The summed E-state index contributed by atoms with van der Waals surface area (Å²) in [6, 6.07) is 6.29. The third-order valence-electron chi connectivity index (χ3n) is 3.36. The first-order valence-electron chi connectivity index (χ1n) is 6.03. The number of piperidine rings is 1. The molecule has 17 heavy (non-hydrogen) atoms. The van der Waals surface area contributed by atoms with Crippen LogP contribution in [0.1, 0.15) is 18.4 Å². The largest absolute Gasteiger partial charge is 0.316 e. The molecule has 0 radical (unpaired) electrons. The summed E-state index contributed by atoms with van der Waals surface area (Å²) in [5.41, 5.74) is 1.05.